The van der Waals surface area contributed by atoms with Crippen LogP contribution in [-0.4, -0.2) is 5.91 Å². The van der Waals surface area contributed by atoms with Crippen molar-refractivity contribution >= 4 is 11.6 Å². The third-order valence-electron chi connectivity index (χ3n) is 3.29. The Balaban J connectivity index is 1.68. The first-order valence-electron chi connectivity index (χ1n) is 7.21. The third-order valence-corrected chi connectivity index (χ3v) is 3.29. The van der Waals surface area contributed by atoms with E-state index in [1.54, 1.807) is 36.4 Å². The zero-order valence-corrected chi connectivity index (χ0v) is 12.5. The molecule has 0 bridgehead atoms. The van der Waals surface area contributed by atoms with Crippen LogP contribution in [0.3, 0.4) is 0 Å². The second-order valence-electron chi connectivity index (χ2n) is 5.01. The molecule has 1 N–H and O–H groups in total. The van der Waals surface area contributed by atoms with Crippen molar-refractivity contribution in [2.45, 2.75) is 0 Å². The van der Waals surface area contributed by atoms with Crippen LogP contribution in [0.5, 0.6) is 11.5 Å². The van der Waals surface area contributed by atoms with Gasteiger partial charge < -0.3 is 10.1 Å². The Hall–Kier alpha value is -3.21. The monoisotopic (exact) mass is 325 g/mol. The highest BCUT2D eigenvalue weighted by Gasteiger charge is 2.09. The Morgan fingerprint density at radius 1 is 0.792 bits per heavy atom. The van der Waals surface area contributed by atoms with Crippen LogP contribution in [0.1, 0.15) is 10.4 Å². The Bertz CT molecular complexity index is 846. The number of nitrogens with one attached hydrogen (secondary N) is 1. The largest absolute Gasteiger partial charge is 0.457 e. The number of anilines is 1. The molecular formula is C19H13F2NO2. The van der Waals surface area contributed by atoms with Gasteiger partial charge >= 0.3 is 0 Å². The summed E-state index contributed by atoms with van der Waals surface area (Å²) in [6, 6.07) is 17.9. The van der Waals surface area contributed by atoms with Gasteiger partial charge in [-0.3, -0.25) is 4.79 Å². The van der Waals surface area contributed by atoms with E-state index in [9.17, 15) is 13.6 Å². The summed E-state index contributed by atoms with van der Waals surface area (Å²) in [5, 5.41) is 2.51. The van der Waals surface area contributed by atoms with E-state index in [0.717, 1.165) is 0 Å². The van der Waals surface area contributed by atoms with Gasteiger partial charge in [-0.2, -0.15) is 0 Å². The fraction of sp³-hybridized carbons (Fsp3) is 0. The van der Waals surface area contributed by atoms with Gasteiger partial charge in [-0.15, -0.1) is 0 Å². The van der Waals surface area contributed by atoms with Crippen molar-refractivity contribution < 1.29 is 18.3 Å². The summed E-state index contributed by atoms with van der Waals surface area (Å²) in [5.74, 6) is -0.276. The van der Waals surface area contributed by atoms with E-state index < -0.39 is 11.7 Å². The number of hydrogen-bond donors (Lipinski definition) is 1. The van der Waals surface area contributed by atoms with Gasteiger partial charge in [0.15, 0.2) is 0 Å². The lowest BCUT2D eigenvalue weighted by molar-refractivity contribution is 0.102. The van der Waals surface area contributed by atoms with Gasteiger partial charge in [-0.25, -0.2) is 8.78 Å². The van der Waals surface area contributed by atoms with Gasteiger partial charge in [0.05, 0.1) is 5.69 Å². The van der Waals surface area contributed by atoms with Crippen LogP contribution in [0.25, 0.3) is 0 Å². The van der Waals surface area contributed by atoms with Gasteiger partial charge in [0.1, 0.15) is 23.1 Å². The molecule has 3 nitrogen and oxygen atoms in total. The van der Waals surface area contributed by atoms with Gasteiger partial charge in [-0.05, 0) is 60.7 Å². The fourth-order valence-corrected chi connectivity index (χ4v) is 2.07. The van der Waals surface area contributed by atoms with E-state index in [1.165, 1.54) is 36.4 Å². The first kappa shape index (κ1) is 15.7. The maximum absolute atomic E-state index is 13.5. The van der Waals surface area contributed by atoms with E-state index >= 15 is 0 Å². The lowest BCUT2D eigenvalue weighted by Gasteiger charge is -2.08. The lowest BCUT2D eigenvalue weighted by Crippen LogP contribution is -2.12. The van der Waals surface area contributed by atoms with E-state index in [1.807, 2.05) is 0 Å². The summed E-state index contributed by atoms with van der Waals surface area (Å²) in [6.07, 6.45) is 0. The number of amides is 1. The number of hydrogen-bond acceptors (Lipinski definition) is 2. The van der Waals surface area contributed by atoms with Crippen LogP contribution >= 0.6 is 0 Å². The zero-order valence-electron chi connectivity index (χ0n) is 12.5. The summed E-state index contributed by atoms with van der Waals surface area (Å²) in [5.41, 5.74) is 0.485. The van der Waals surface area contributed by atoms with E-state index in [0.29, 0.717) is 17.1 Å². The first-order chi connectivity index (χ1) is 11.6. The Labute approximate surface area is 137 Å². The van der Waals surface area contributed by atoms with Crippen molar-refractivity contribution in [3.63, 3.8) is 0 Å². The summed E-state index contributed by atoms with van der Waals surface area (Å²) in [7, 11) is 0. The highest BCUT2D eigenvalue weighted by Crippen LogP contribution is 2.22. The molecule has 3 aromatic carbocycles. The van der Waals surface area contributed by atoms with Crippen molar-refractivity contribution in [3.05, 3.63) is 90.0 Å². The molecule has 1 amide bonds. The zero-order chi connectivity index (χ0) is 16.9. The number of para-hydroxylation sites is 1. The molecule has 0 heterocycles. The van der Waals surface area contributed by atoms with Crippen LogP contribution in [0.15, 0.2) is 72.8 Å². The average Bonchev–Trinajstić information content (AvgIpc) is 2.59. The maximum atomic E-state index is 13.5. The molecule has 0 spiro atoms. The second-order valence-corrected chi connectivity index (χ2v) is 5.01. The van der Waals surface area contributed by atoms with E-state index in [4.69, 9.17) is 4.74 Å². The molecule has 0 aromatic heterocycles. The predicted octanol–water partition coefficient (Wildman–Crippen LogP) is 5.01. The molecule has 24 heavy (non-hydrogen) atoms. The molecule has 3 rings (SSSR count). The Morgan fingerprint density at radius 2 is 1.38 bits per heavy atom. The standard InChI is InChI=1S/C19H13F2NO2/c20-14-7-11-16(12-8-14)24-15-9-5-13(6-10-15)19(23)22-18-4-2-1-3-17(18)21/h1-12H,(H,22,23). The molecule has 120 valence electrons. The van der Waals surface area contributed by atoms with Crippen molar-refractivity contribution in [2.75, 3.05) is 5.32 Å². The molecule has 0 saturated carbocycles. The minimum Gasteiger partial charge on any atom is -0.457 e. The van der Waals surface area contributed by atoms with E-state index in [2.05, 4.69) is 5.32 Å². The highest BCUT2D eigenvalue weighted by molar-refractivity contribution is 6.04. The quantitative estimate of drug-likeness (QED) is 0.732. The lowest BCUT2D eigenvalue weighted by atomic mass is 10.2. The minimum atomic E-state index is -0.498. The molecule has 0 aliphatic heterocycles. The van der Waals surface area contributed by atoms with E-state index in [-0.39, 0.29) is 11.5 Å². The Morgan fingerprint density at radius 3 is 2.00 bits per heavy atom. The minimum absolute atomic E-state index is 0.120. The molecule has 0 atom stereocenters. The van der Waals surface area contributed by atoms with Gasteiger partial charge in [0, 0.05) is 5.56 Å². The maximum Gasteiger partial charge on any atom is 0.255 e. The number of benzene rings is 3. The highest BCUT2D eigenvalue weighted by atomic mass is 19.1. The fourth-order valence-electron chi connectivity index (χ4n) is 2.07. The number of ether oxygens (including phenoxy) is 1. The summed E-state index contributed by atoms with van der Waals surface area (Å²) >= 11 is 0. The smallest absolute Gasteiger partial charge is 0.255 e. The SMILES string of the molecule is O=C(Nc1ccccc1F)c1ccc(Oc2ccc(F)cc2)cc1. The van der Waals surface area contributed by atoms with Crippen molar-refractivity contribution in [1.29, 1.82) is 0 Å². The van der Waals surface area contributed by atoms with Gasteiger partial charge in [0.25, 0.3) is 5.91 Å². The molecule has 5 heteroatoms. The van der Waals surface area contributed by atoms with Crippen molar-refractivity contribution in [1.82, 2.24) is 0 Å². The van der Waals surface area contributed by atoms with Crippen molar-refractivity contribution in [2.24, 2.45) is 0 Å². The Kier molecular flexibility index (Phi) is 4.52. The summed E-state index contributed by atoms with van der Waals surface area (Å²) in [6.45, 7) is 0. The summed E-state index contributed by atoms with van der Waals surface area (Å²) in [4.78, 5) is 12.1. The summed E-state index contributed by atoms with van der Waals surface area (Å²) < 4.78 is 31.9. The normalized spacial score (nSPS) is 10.2. The molecule has 0 fully saturated rings. The molecule has 0 saturated heterocycles. The molecular weight excluding hydrogens is 312 g/mol. The van der Waals surface area contributed by atoms with Crippen LogP contribution < -0.4 is 10.1 Å². The number of carbonyl (C=O) groups excluding carboxylic acids is 1. The average molecular weight is 325 g/mol. The van der Waals surface area contributed by atoms with Crippen LogP contribution in [-0.2, 0) is 0 Å². The van der Waals surface area contributed by atoms with Crippen LogP contribution in [0, 0.1) is 11.6 Å². The van der Waals surface area contributed by atoms with Crippen molar-refractivity contribution in [3.8, 4) is 11.5 Å². The van der Waals surface area contributed by atoms with Gasteiger partial charge in [-0.1, -0.05) is 12.1 Å². The first-order valence-corrected chi connectivity index (χ1v) is 7.21. The molecule has 0 aliphatic carbocycles. The third kappa shape index (κ3) is 3.76. The van der Waals surface area contributed by atoms with Crippen LogP contribution in [0.4, 0.5) is 14.5 Å². The topological polar surface area (TPSA) is 38.3 Å². The number of halogens is 2. The van der Waals surface area contributed by atoms with Gasteiger partial charge in [0.2, 0.25) is 0 Å². The molecule has 3 aromatic rings. The van der Waals surface area contributed by atoms with Crippen LogP contribution in [0.2, 0.25) is 0 Å². The second kappa shape index (κ2) is 6.91. The number of rotatable bonds is 4. The molecule has 0 aliphatic rings. The molecule has 0 radical (unpaired) electrons. The number of carbonyl (C=O) groups is 1. The predicted molar refractivity (Wildman–Crippen MR) is 87.3 cm³/mol. The molecule has 0 unspecified atom stereocenters.